The van der Waals surface area contributed by atoms with Crippen LogP contribution in [0.1, 0.15) is 17.6 Å². The van der Waals surface area contributed by atoms with E-state index in [9.17, 15) is 0 Å². The van der Waals surface area contributed by atoms with E-state index in [1.54, 1.807) is 11.3 Å². The van der Waals surface area contributed by atoms with E-state index in [0.29, 0.717) is 6.61 Å². The second-order valence-corrected chi connectivity index (χ2v) is 8.19. The van der Waals surface area contributed by atoms with E-state index < -0.39 is 0 Å². The molecule has 0 amide bonds. The van der Waals surface area contributed by atoms with Crippen LogP contribution in [-0.2, 0) is 0 Å². The summed E-state index contributed by atoms with van der Waals surface area (Å²) in [5, 5.41) is 4.49. The van der Waals surface area contributed by atoms with Gasteiger partial charge in [0.05, 0.1) is 12.0 Å². The van der Waals surface area contributed by atoms with Gasteiger partial charge >= 0.3 is 0 Å². The number of hydrogen-bond donors (Lipinski definition) is 1. The lowest BCUT2D eigenvalue weighted by atomic mass is 10.0. The number of hydrogen-bond acceptors (Lipinski definition) is 7. The van der Waals surface area contributed by atoms with E-state index in [0.717, 1.165) is 55.9 Å². The molecule has 6 nitrogen and oxygen atoms in total. The molecule has 2 aromatic carbocycles. The van der Waals surface area contributed by atoms with Crippen molar-refractivity contribution in [1.82, 2.24) is 9.97 Å². The van der Waals surface area contributed by atoms with Gasteiger partial charge in [-0.25, -0.2) is 9.97 Å². The molecule has 0 spiro atoms. The molecule has 0 fully saturated rings. The summed E-state index contributed by atoms with van der Waals surface area (Å²) in [5.74, 6) is 3.86. The first-order valence-electron chi connectivity index (χ1n) is 9.80. The Morgan fingerprint density at radius 3 is 2.63 bits per heavy atom. The minimum atomic E-state index is 0.251. The smallest absolute Gasteiger partial charge is 0.231 e. The third kappa shape index (κ3) is 3.31. The minimum absolute atomic E-state index is 0.251. The predicted octanol–water partition coefficient (Wildman–Crippen LogP) is 5.85. The maximum Gasteiger partial charge on any atom is 0.231 e. The Morgan fingerprint density at radius 1 is 1.03 bits per heavy atom. The van der Waals surface area contributed by atoms with E-state index in [2.05, 4.69) is 29.4 Å². The SMILES string of the molecule is CCOc1ccc(-c2c(C)sc3nc(C)nc(Nc4ccc5c(c4)OCO5)c23)cc1. The Hall–Kier alpha value is -3.32. The molecule has 0 saturated heterocycles. The lowest BCUT2D eigenvalue weighted by Crippen LogP contribution is -1.98. The average Bonchev–Trinajstić information content (AvgIpc) is 3.32. The van der Waals surface area contributed by atoms with E-state index in [1.807, 2.05) is 44.2 Å². The van der Waals surface area contributed by atoms with Crippen LogP contribution in [0.25, 0.3) is 21.3 Å². The molecule has 2 aromatic heterocycles. The monoisotopic (exact) mass is 419 g/mol. The topological polar surface area (TPSA) is 65.5 Å². The molecule has 0 radical (unpaired) electrons. The molecular formula is C23H21N3O3S. The van der Waals surface area contributed by atoms with Gasteiger partial charge in [0, 0.05) is 22.2 Å². The minimum Gasteiger partial charge on any atom is -0.494 e. The molecular weight excluding hydrogens is 398 g/mol. The molecule has 0 unspecified atom stereocenters. The van der Waals surface area contributed by atoms with Gasteiger partial charge in [0.15, 0.2) is 11.5 Å². The van der Waals surface area contributed by atoms with Gasteiger partial charge in [-0.1, -0.05) is 12.1 Å². The summed E-state index contributed by atoms with van der Waals surface area (Å²) in [6.45, 7) is 6.92. The molecule has 4 aromatic rings. The summed E-state index contributed by atoms with van der Waals surface area (Å²) in [6, 6.07) is 14.0. The van der Waals surface area contributed by atoms with Gasteiger partial charge in [-0.2, -0.15) is 0 Å². The quantitative estimate of drug-likeness (QED) is 0.438. The number of nitrogens with one attached hydrogen (secondary N) is 1. The number of benzene rings is 2. The summed E-state index contributed by atoms with van der Waals surface area (Å²) < 4.78 is 16.5. The summed E-state index contributed by atoms with van der Waals surface area (Å²) in [6.07, 6.45) is 0. The zero-order valence-electron chi connectivity index (χ0n) is 17.0. The highest BCUT2D eigenvalue weighted by atomic mass is 32.1. The Labute approximate surface area is 178 Å². The van der Waals surface area contributed by atoms with Crippen molar-refractivity contribution in [1.29, 1.82) is 0 Å². The third-order valence-corrected chi connectivity index (χ3v) is 5.93. The van der Waals surface area contributed by atoms with Crippen LogP contribution in [0.4, 0.5) is 11.5 Å². The normalized spacial score (nSPS) is 12.4. The van der Waals surface area contributed by atoms with Crippen molar-refractivity contribution in [2.45, 2.75) is 20.8 Å². The van der Waals surface area contributed by atoms with Crippen molar-refractivity contribution in [3.8, 4) is 28.4 Å². The molecule has 0 aliphatic carbocycles. The second kappa shape index (κ2) is 7.50. The highest BCUT2D eigenvalue weighted by Crippen LogP contribution is 2.42. The van der Waals surface area contributed by atoms with E-state index in [1.165, 1.54) is 4.88 Å². The van der Waals surface area contributed by atoms with Crippen molar-refractivity contribution in [3.63, 3.8) is 0 Å². The Bertz CT molecular complexity index is 1230. The maximum absolute atomic E-state index is 5.59. The third-order valence-electron chi connectivity index (χ3n) is 4.93. The van der Waals surface area contributed by atoms with Crippen molar-refractivity contribution in [2.24, 2.45) is 0 Å². The zero-order valence-corrected chi connectivity index (χ0v) is 17.8. The molecule has 1 N–H and O–H groups in total. The van der Waals surface area contributed by atoms with Gasteiger partial charge in [0.25, 0.3) is 0 Å². The highest BCUT2D eigenvalue weighted by molar-refractivity contribution is 7.19. The maximum atomic E-state index is 5.59. The molecule has 1 aliphatic heterocycles. The van der Waals surface area contributed by atoms with E-state index >= 15 is 0 Å². The number of ether oxygens (including phenoxy) is 3. The fourth-order valence-electron chi connectivity index (χ4n) is 3.65. The molecule has 3 heterocycles. The van der Waals surface area contributed by atoms with Gasteiger partial charge in [0.1, 0.15) is 22.2 Å². The number of rotatable bonds is 5. The average molecular weight is 420 g/mol. The standard InChI is InChI=1S/C23H21N3O3S/c1-4-27-17-8-5-15(6-9-17)20-13(2)30-23-21(20)22(24-14(3)25-23)26-16-7-10-18-19(11-16)29-12-28-18/h5-11H,4,12H2,1-3H3,(H,24,25,26). The fraction of sp³-hybridized carbons (Fsp3) is 0.217. The van der Waals surface area contributed by atoms with Gasteiger partial charge in [0.2, 0.25) is 6.79 Å². The molecule has 0 atom stereocenters. The van der Waals surface area contributed by atoms with E-state index in [-0.39, 0.29) is 6.79 Å². The summed E-state index contributed by atoms with van der Waals surface area (Å²) in [7, 11) is 0. The number of aryl methyl sites for hydroxylation is 2. The van der Waals surface area contributed by atoms with Gasteiger partial charge in [-0.05, 0) is 50.6 Å². The molecule has 5 rings (SSSR count). The zero-order chi connectivity index (χ0) is 20.7. The van der Waals surface area contributed by atoms with Crippen LogP contribution in [0.3, 0.4) is 0 Å². The number of anilines is 2. The Kier molecular flexibility index (Phi) is 4.67. The van der Waals surface area contributed by atoms with Crippen LogP contribution in [0.2, 0.25) is 0 Å². The van der Waals surface area contributed by atoms with Crippen molar-refractivity contribution < 1.29 is 14.2 Å². The fourth-order valence-corrected chi connectivity index (χ4v) is 4.74. The number of thiophene rings is 1. The highest BCUT2D eigenvalue weighted by Gasteiger charge is 2.19. The van der Waals surface area contributed by atoms with E-state index in [4.69, 9.17) is 19.2 Å². The first-order valence-corrected chi connectivity index (χ1v) is 10.6. The van der Waals surface area contributed by atoms with Gasteiger partial charge in [-0.15, -0.1) is 11.3 Å². The van der Waals surface area contributed by atoms with Gasteiger partial charge in [-0.3, -0.25) is 0 Å². The number of fused-ring (bicyclic) bond motifs is 2. The lowest BCUT2D eigenvalue weighted by Gasteiger charge is -2.11. The van der Waals surface area contributed by atoms with Crippen LogP contribution in [0.15, 0.2) is 42.5 Å². The molecule has 30 heavy (non-hydrogen) atoms. The lowest BCUT2D eigenvalue weighted by molar-refractivity contribution is 0.174. The van der Waals surface area contributed by atoms with Crippen LogP contribution in [0, 0.1) is 13.8 Å². The molecule has 7 heteroatoms. The molecule has 0 bridgehead atoms. The van der Waals surface area contributed by atoms with Crippen LogP contribution >= 0.6 is 11.3 Å². The largest absolute Gasteiger partial charge is 0.494 e. The predicted molar refractivity (Wildman–Crippen MR) is 119 cm³/mol. The molecule has 152 valence electrons. The van der Waals surface area contributed by atoms with Crippen molar-refractivity contribution >= 4 is 33.1 Å². The van der Waals surface area contributed by atoms with Crippen LogP contribution < -0.4 is 19.5 Å². The summed E-state index contributed by atoms with van der Waals surface area (Å²) >= 11 is 1.68. The summed E-state index contributed by atoms with van der Waals surface area (Å²) in [4.78, 5) is 11.6. The first kappa shape index (κ1) is 18.7. The second-order valence-electron chi connectivity index (χ2n) is 6.98. The molecule has 1 aliphatic rings. The Balaban J connectivity index is 1.61. The number of nitrogens with zero attached hydrogens (tertiary/aromatic N) is 2. The molecule has 0 saturated carbocycles. The first-order chi connectivity index (χ1) is 14.6. The van der Waals surface area contributed by atoms with Crippen molar-refractivity contribution in [2.75, 3.05) is 18.7 Å². The number of aromatic nitrogens is 2. The van der Waals surface area contributed by atoms with Crippen molar-refractivity contribution in [3.05, 3.63) is 53.2 Å². The summed E-state index contributed by atoms with van der Waals surface area (Å²) in [5.41, 5.74) is 3.14. The van der Waals surface area contributed by atoms with Gasteiger partial charge < -0.3 is 19.5 Å². The Morgan fingerprint density at radius 2 is 1.83 bits per heavy atom. The van der Waals surface area contributed by atoms with Crippen LogP contribution in [-0.4, -0.2) is 23.4 Å². The van der Waals surface area contributed by atoms with Crippen LogP contribution in [0.5, 0.6) is 17.2 Å².